The first kappa shape index (κ1) is 19.7. The number of hydrogen-bond donors (Lipinski definition) is 0. The number of thioether (sulfide) groups is 1. The topological polar surface area (TPSA) is 62.6 Å². The maximum absolute atomic E-state index is 13.4. The SMILES string of the molecule is CC(=O)N1CCc2c(cn(-c3ccc(F)cc3)c(=O)c2C(=O)N2CCSCC2)C1. The van der Waals surface area contributed by atoms with Crippen molar-refractivity contribution in [2.45, 2.75) is 19.9 Å². The van der Waals surface area contributed by atoms with Crippen molar-refractivity contribution in [1.82, 2.24) is 14.4 Å². The average molecular weight is 415 g/mol. The van der Waals surface area contributed by atoms with E-state index >= 15 is 0 Å². The molecule has 0 spiro atoms. The van der Waals surface area contributed by atoms with E-state index in [9.17, 15) is 18.8 Å². The molecule has 1 fully saturated rings. The number of benzene rings is 1. The minimum absolute atomic E-state index is 0.0453. The van der Waals surface area contributed by atoms with Crippen molar-refractivity contribution in [3.63, 3.8) is 0 Å². The molecule has 0 radical (unpaired) electrons. The van der Waals surface area contributed by atoms with Gasteiger partial charge < -0.3 is 9.80 Å². The van der Waals surface area contributed by atoms with E-state index in [2.05, 4.69) is 0 Å². The molecule has 2 aromatic rings. The van der Waals surface area contributed by atoms with Crippen LogP contribution in [0.2, 0.25) is 0 Å². The first-order valence-electron chi connectivity index (χ1n) is 9.61. The summed E-state index contributed by atoms with van der Waals surface area (Å²) in [4.78, 5) is 42.0. The van der Waals surface area contributed by atoms with E-state index in [0.29, 0.717) is 38.3 Å². The Balaban J connectivity index is 1.86. The van der Waals surface area contributed by atoms with Crippen LogP contribution >= 0.6 is 11.8 Å². The molecule has 0 aliphatic carbocycles. The summed E-state index contributed by atoms with van der Waals surface area (Å²) in [5, 5.41) is 0. The molecule has 1 aromatic carbocycles. The number of carbonyl (C=O) groups excluding carboxylic acids is 2. The van der Waals surface area contributed by atoms with Gasteiger partial charge in [0.2, 0.25) is 5.91 Å². The lowest BCUT2D eigenvalue weighted by Crippen LogP contribution is -2.44. The zero-order valence-electron chi connectivity index (χ0n) is 16.2. The van der Waals surface area contributed by atoms with E-state index in [1.54, 1.807) is 27.8 Å². The summed E-state index contributed by atoms with van der Waals surface area (Å²) in [6, 6.07) is 5.60. The lowest BCUT2D eigenvalue weighted by molar-refractivity contribution is -0.129. The van der Waals surface area contributed by atoms with Crippen LogP contribution in [0.4, 0.5) is 4.39 Å². The minimum Gasteiger partial charge on any atom is -0.338 e. The smallest absolute Gasteiger partial charge is 0.268 e. The fourth-order valence-electron chi connectivity index (χ4n) is 3.86. The van der Waals surface area contributed by atoms with Crippen molar-refractivity contribution in [1.29, 1.82) is 0 Å². The van der Waals surface area contributed by atoms with Gasteiger partial charge in [-0.25, -0.2) is 4.39 Å². The molecule has 2 amide bonds. The molecular formula is C21H22FN3O3S. The fourth-order valence-corrected chi connectivity index (χ4v) is 4.77. The highest BCUT2D eigenvalue weighted by atomic mass is 32.2. The third kappa shape index (κ3) is 3.81. The van der Waals surface area contributed by atoms with Crippen molar-refractivity contribution in [2.75, 3.05) is 31.1 Å². The van der Waals surface area contributed by atoms with Crippen LogP contribution in [0.5, 0.6) is 0 Å². The molecule has 0 atom stereocenters. The molecule has 2 aliphatic rings. The average Bonchev–Trinajstić information content (AvgIpc) is 2.74. The molecule has 0 unspecified atom stereocenters. The molecule has 29 heavy (non-hydrogen) atoms. The van der Waals surface area contributed by atoms with Crippen molar-refractivity contribution < 1.29 is 14.0 Å². The minimum atomic E-state index is -0.398. The van der Waals surface area contributed by atoms with Gasteiger partial charge in [0, 0.05) is 56.5 Å². The number of aromatic nitrogens is 1. The summed E-state index contributed by atoms with van der Waals surface area (Å²) >= 11 is 1.79. The number of pyridine rings is 1. The lowest BCUT2D eigenvalue weighted by Gasteiger charge is -2.32. The lowest BCUT2D eigenvalue weighted by atomic mass is 9.95. The normalized spacial score (nSPS) is 16.5. The number of amides is 2. The van der Waals surface area contributed by atoms with E-state index in [-0.39, 0.29) is 17.4 Å². The van der Waals surface area contributed by atoms with Crippen molar-refractivity contribution >= 4 is 23.6 Å². The maximum Gasteiger partial charge on any atom is 0.268 e. The van der Waals surface area contributed by atoms with Gasteiger partial charge in [0.05, 0.1) is 0 Å². The maximum atomic E-state index is 13.4. The van der Waals surface area contributed by atoms with Gasteiger partial charge in [0.15, 0.2) is 0 Å². The van der Waals surface area contributed by atoms with Crippen LogP contribution in [0.3, 0.4) is 0 Å². The van der Waals surface area contributed by atoms with Crippen LogP contribution in [-0.2, 0) is 17.8 Å². The molecule has 1 saturated heterocycles. The summed E-state index contributed by atoms with van der Waals surface area (Å²) < 4.78 is 14.8. The first-order chi connectivity index (χ1) is 14.0. The fraction of sp³-hybridized carbons (Fsp3) is 0.381. The molecule has 0 bridgehead atoms. The van der Waals surface area contributed by atoms with Crippen molar-refractivity contribution in [3.8, 4) is 5.69 Å². The number of halogens is 1. The van der Waals surface area contributed by atoms with Gasteiger partial charge in [-0.05, 0) is 41.8 Å². The Hall–Kier alpha value is -2.61. The number of rotatable bonds is 2. The highest BCUT2D eigenvalue weighted by Crippen LogP contribution is 2.24. The molecule has 3 heterocycles. The van der Waals surface area contributed by atoms with Gasteiger partial charge >= 0.3 is 0 Å². The highest BCUT2D eigenvalue weighted by molar-refractivity contribution is 7.99. The van der Waals surface area contributed by atoms with Crippen LogP contribution in [0, 0.1) is 5.82 Å². The summed E-state index contributed by atoms with van der Waals surface area (Å²) in [6.07, 6.45) is 2.15. The molecule has 8 heteroatoms. The van der Waals surface area contributed by atoms with E-state index < -0.39 is 11.4 Å². The largest absolute Gasteiger partial charge is 0.338 e. The summed E-state index contributed by atoms with van der Waals surface area (Å²) in [5.74, 6) is 1.01. The Morgan fingerprint density at radius 3 is 2.38 bits per heavy atom. The monoisotopic (exact) mass is 415 g/mol. The first-order valence-corrected chi connectivity index (χ1v) is 10.8. The molecule has 1 aromatic heterocycles. The summed E-state index contributed by atoms with van der Waals surface area (Å²) in [6.45, 7) is 3.57. The zero-order chi connectivity index (χ0) is 20.5. The predicted octanol–water partition coefficient (Wildman–Crippen LogP) is 2.07. The van der Waals surface area contributed by atoms with Crippen molar-refractivity contribution in [2.24, 2.45) is 0 Å². The molecule has 4 rings (SSSR count). The third-order valence-corrected chi connectivity index (χ3v) is 6.40. The third-order valence-electron chi connectivity index (χ3n) is 5.46. The van der Waals surface area contributed by atoms with Crippen LogP contribution in [0.1, 0.15) is 28.4 Å². The van der Waals surface area contributed by atoms with Gasteiger partial charge in [-0.1, -0.05) is 0 Å². The summed E-state index contributed by atoms with van der Waals surface area (Å²) in [7, 11) is 0. The van der Waals surface area contributed by atoms with Gasteiger partial charge in [0.25, 0.3) is 11.5 Å². The van der Waals surface area contributed by atoms with Crippen LogP contribution in [0.15, 0.2) is 35.3 Å². The summed E-state index contributed by atoms with van der Waals surface area (Å²) in [5.41, 5.74) is 1.79. The highest BCUT2D eigenvalue weighted by Gasteiger charge is 2.30. The van der Waals surface area contributed by atoms with Gasteiger partial charge in [-0.3, -0.25) is 19.0 Å². The number of hydrogen-bond acceptors (Lipinski definition) is 4. The van der Waals surface area contributed by atoms with Gasteiger partial charge in [-0.2, -0.15) is 11.8 Å². The number of nitrogens with zero attached hydrogens (tertiary/aromatic N) is 3. The Labute approximate surface area is 172 Å². The Kier molecular flexibility index (Phi) is 5.45. The van der Waals surface area contributed by atoms with Crippen molar-refractivity contribution in [3.05, 3.63) is 63.3 Å². The predicted molar refractivity (Wildman–Crippen MR) is 110 cm³/mol. The van der Waals surface area contributed by atoms with Crippen LogP contribution < -0.4 is 5.56 Å². The quantitative estimate of drug-likeness (QED) is 0.754. The van der Waals surface area contributed by atoms with Gasteiger partial charge in [-0.15, -0.1) is 0 Å². The second-order valence-electron chi connectivity index (χ2n) is 7.25. The van der Waals surface area contributed by atoms with E-state index in [1.807, 2.05) is 0 Å². The molecule has 152 valence electrons. The Bertz CT molecular complexity index is 1010. The Morgan fingerprint density at radius 1 is 1.03 bits per heavy atom. The van der Waals surface area contributed by atoms with Crippen LogP contribution in [-0.4, -0.2) is 57.3 Å². The van der Waals surface area contributed by atoms with E-state index in [0.717, 1.165) is 22.6 Å². The molecule has 6 nitrogen and oxygen atoms in total. The molecule has 2 aliphatic heterocycles. The molecule has 0 N–H and O–H groups in total. The van der Waals surface area contributed by atoms with Crippen LogP contribution in [0.25, 0.3) is 5.69 Å². The number of fused-ring (bicyclic) bond motifs is 1. The number of carbonyl (C=O) groups is 2. The second-order valence-corrected chi connectivity index (χ2v) is 8.48. The molecule has 0 saturated carbocycles. The van der Waals surface area contributed by atoms with E-state index in [4.69, 9.17) is 0 Å². The van der Waals surface area contributed by atoms with E-state index in [1.165, 1.54) is 35.8 Å². The molecular weight excluding hydrogens is 393 g/mol. The second kappa shape index (κ2) is 8.02. The van der Waals surface area contributed by atoms with Gasteiger partial charge in [0.1, 0.15) is 11.4 Å². The standard InChI is InChI=1S/C21H22FN3O3S/c1-14(26)24-7-6-18-15(12-24)13-25(17-4-2-16(22)3-5-17)21(28)19(18)20(27)23-8-10-29-11-9-23/h2-5,13H,6-12H2,1H3. The zero-order valence-corrected chi connectivity index (χ0v) is 17.0. The Morgan fingerprint density at radius 2 is 1.72 bits per heavy atom.